The molecule has 1 unspecified atom stereocenters. The van der Waals surface area contributed by atoms with E-state index >= 15 is 0 Å². The van der Waals surface area contributed by atoms with E-state index in [0.29, 0.717) is 23.6 Å². The third-order valence-electron chi connectivity index (χ3n) is 7.35. The second-order valence-corrected chi connectivity index (χ2v) is 9.70. The maximum absolute atomic E-state index is 13.4. The smallest absolute Gasteiger partial charge is 0.270 e. The maximum atomic E-state index is 13.4. The molecular weight excluding hydrogens is 386 g/mol. The molecule has 6 heteroatoms. The minimum Gasteiger partial charge on any atom is -0.326 e. The number of carbonyl (C=O) groups excluding carboxylic acids is 2. The lowest BCUT2D eigenvalue weighted by Gasteiger charge is -2.34. The quantitative estimate of drug-likeness (QED) is 0.689. The van der Waals surface area contributed by atoms with Gasteiger partial charge >= 0.3 is 0 Å². The molecule has 1 heterocycles. The van der Waals surface area contributed by atoms with Crippen LogP contribution in [0.1, 0.15) is 57.9 Å². The highest BCUT2D eigenvalue weighted by Gasteiger charge is 2.59. The number of nitrogens with zero attached hydrogens (tertiary/aromatic N) is 1. The lowest BCUT2D eigenvalue weighted by atomic mass is 9.86. The van der Waals surface area contributed by atoms with Gasteiger partial charge in [-0.25, -0.2) is 8.78 Å². The first-order valence-electron chi connectivity index (χ1n) is 11.3. The Balaban J connectivity index is 1.20. The van der Waals surface area contributed by atoms with Crippen LogP contribution in [-0.2, 0) is 15.5 Å². The molecular formula is C24H32F2N2O2. The summed E-state index contributed by atoms with van der Waals surface area (Å²) in [6, 6.07) is 6.40. The number of fused-ring (bicyclic) bond motifs is 1. The molecule has 0 radical (unpaired) electrons. The van der Waals surface area contributed by atoms with E-state index in [1.165, 1.54) is 43.9 Å². The Morgan fingerprint density at radius 3 is 2.40 bits per heavy atom. The highest BCUT2D eigenvalue weighted by atomic mass is 19.3. The van der Waals surface area contributed by atoms with Crippen LogP contribution in [0.5, 0.6) is 0 Å². The summed E-state index contributed by atoms with van der Waals surface area (Å²) in [6.07, 6.45) is 5.52. The first-order chi connectivity index (χ1) is 14.2. The fourth-order valence-electron chi connectivity index (χ4n) is 5.44. The summed E-state index contributed by atoms with van der Waals surface area (Å²) >= 11 is 0. The standard InChI is InChI=1S/C24H32F2N2O2/c1-15-6-8-18(9-7-15)28-13-19-20(14-28)23(19)21(29)10-11-22(30)27-17-5-3-4-16(12-17)24(2,25)26/h3-5,12,15,18-20,23H,6-11,13-14H2,1-2H3,(H,27,30)/t15?,18?,19-,20+,23?. The van der Waals surface area contributed by atoms with Gasteiger partial charge in [0.1, 0.15) is 5.78 Å². The predicted octanol–water partition coefficient (Wildman–Crippen LogP) is 4.84. The van der Waals surface area contributed by atoms with E-state index in [-0.39, 0.29) is 36.0 Å². The van der Waals surface area contributed by atoms with E-state index in [4.69, 9.17) is 0 Å². The highest BCUT2D eigenvalue weighted by molar-refractivity contribution is 5.94. The molecule has 3 atom stereocenters. The van der Waals surface area contributed by atoms with Crippen molar-refractivity contribution in [1.29, 1.82) is 0 Å². The van der Waals surface area contributed by atoms with Crippen molar-refractivity contribution in [2.45, 2.75) is 64.3 Å². The maximum Gasteiger partial charge on any atom is 0.270 e. The molecule has 2 aliphatic carbocycles. The molecule has 1 saturated heterocycles. The summed E-state index contributed by atoms with van der Waals surface area (Å²) in [5.74, 6) is -1.15. The number of amides is 1. The molecule has 1 N–H and O–H groups in total. The van der Waals surface area contributed by atoms with E-state index < -0.39 is 5.92 Å². The monoisotopic (exact) mass is 418 g/mol. The fraction of sp³-hybridized carbons (Fsp3) is 0.667. The molecule has 164 valence electrons. The van der Waals surface area contributed by atoms with Gasteiger partial charge in [-0.1, -0.05) is 19.1 Å². The Kier molecular flexibility index (Phi) is 5.97. The number of hydrogen-bond donors (Lipinski definition) is 1. The number of alkyl halides is 2. The molecule has 0 bridgehead atoms. The topological polar surface area (TPSA) is 49.4 Å². The first kappa shape index (κ1) is 21.4. The largest absolute Gasteiger partial charge is 0.326 e. The van der Waals surface area contributed by atoms with Crippen LogP contribution in [0.15, 0.2) is 24.3 Å². The predicted molar refractivity (Wildman–Crippen MR) is 112 cm³/mol. The Hall–Kier alpha value is -1.82. The van der Waals surface area contributed by atoms with Gasteiger partial charge in [0.05, 0.1) is 0 Å². The van der Waals surface area contributed by atoms with Crippen LogP contribution in [0, 0.1) is 23.7 Å². The Morgan fingerprint density at radius 2 is 1.77 bits per heavy atom. The summed E-state index contributed by atoms with van der Waals surface area (Å²) in [5.41, 5.74) is 0.200. The SMILES string of the molecule is CC1CCC(N2C[C@@H]3C(C(=O)CCC(=O)Nc4cccc(C(C)(F)F)c4)[C@@H]3C2)CC1. The average molecular weight is 419 g/mol. The fourth-order valence-corrected chi connectivity index (χ4v) is 5.44. The molecule has 4 rings (SSSR count). The highest BCUT2D eigenvalue weighted by Crippen LogP contribution is 2.53. The van der Waals surface area contributed by atoms with Crippen LogP contribution >= 0.6 is 0 Å². The van der Waals surface area contributed by atoms with Crippen molar-refractivity contribution in [3.63, 3.8) is 0 Å². The van der Waals surface area contributed by atoms with E-state index in [1.807, 2.05) is 0 Å². The Labute approximate surface area is 177 Å². The number of benzene rings is 1. The molecule has 2 saturated carbocycles. The number of ketones is 1. The number of rotatable bonds is 7. The van der Waals surface area contributed by atoms with Crippen LogP contribution < -0.4 is 5.32 Å². The van der Waals surface area contributed by atoms with Crippen LogP contribution in [-0.4, -0.2) is 35.7 Å². The number of hydrogen-bond acceptors (Lipinski definition) is 3. The number of halogens is 2. The lowest BCUT2D eigenvalue weighted by molar-refractivity contribution is -0.124. The van der Waals surface area contributed by atoms with Gasteiger partial charge in [0.2, 0.25) is 5.91 Å². The molecule has 1 aliphatic heterocycles. The van der Waals surface area contributed by atoms with Crippen molar-refractivity contribution in [3.8, 4) is 0 Å². The van der Waals surface area contributed by atoms with Crippen molar-refractivity contribution in [2.75, 3.05) is 18.4 Å². The number of likely N-dealkylation sites (tertiary alicyclic amines) is 1. The van der Waals surface area contributed by atoms with Gasteiger partial charge in [0.25, 0.3) is 5.92 Å². The third-order valence-corrected chi connectivity index (χ3v) is 7.35. The molecule has 30 heavy (non-hydrogen) atoms. The Bertz CT molecular complexity index is 787. The van der Waals surface area contributed by atoms with Gasteiger partial charge < -0.3 is 5.32 Å². The summed E-state index contributed by atoms with van der Waals surface area (Å²) < 4.78 is 26.9. The minimum absolute atomic E-state index is 0.103. The molecule has 4 nitrogen and oxygen atoms in total. The van der Waals surface area contributed by atoms with Crippen molar-refractivity contribution >= 4 is 17.4 Å². The van der Waals surface area contributed by atoms with Gasteiger partial charge in [-0.05, 0) is 55.6 Å². The van der Waals surface area contributed by atoms with E-state index in [1.54, 1.807) is 6.07 Å². The zero-order valence-corrected chi connectivity index (χ0v) is 17.9. The van der Waals surface area contributed by atoms with Crippen molar-refractivity contribution in [3.05, 3.63) is 29.8 Å². The summed E-state index contributed by atoms with van der Waals surface area (Å²) in [4.78, 5) is 27.4. The molecule has 3 aliphatic rings. The van der Waals surface area contributed by atoms with Crippen molar-refractivity contribution < 1.29 is 18.4 Å². The number of nitrogens with one attached hydrogen (secondary N) is 1. The molecule has 0 aromatic heterocycles. The summed E-state index contributed by atoms with van der Waals surface area (Å²) in [7, 11) is 0. The summed E-state index contributed by atoms with van der Waals surface area (Å²) in [5, 5.41) is 2.64. The number of anilines is 1. The van der Waals surface area contributed by atoms with Crippen LogP contribution in [0.3, 0.4) is 0 Å². The van der Waals surface area contributed by atoms with Crippen LogP contribution in [0.25, 0.3) is 0 Å². The van der Waals surface area contributed by atoms with Crippen LogP contribution in [0.2, 0.25) is 0 Å². The first-order valence-corrected chi connectivity index (χ1v) is 11.3. The van der Waals surface area contributed by atoms with Gasteiger partial charge in [-0.2, -0.15) is 0 Å². The van der Waals surface area contributed by atoms with Gasteiger partial charge in [0.15, 0.2) is 0 Å². The zero-order chi connectivity index (χ0) is 21.5. The van der Waals surface area contributed by atoms with Gasteiger partial charge in [-0.15, -0.1) is 0 Å². The molecule has 3 fully saturated rings. The number of carbonyl (C=O) groups is 2. The molecule has 1 aromatic rings. The molecule has 1 aromatic carbocycles. The second kappa shape index (κ2) is 8.37. The van der Waals surface area contributed by atoms with E-state index in [9.17, 15) is 18.4 Å². The van der Waals surface area contributed by atoms with Gasteiger partial charge in [-0.3, -0.25) is 14.5 Å². The lowest BCUT2D eigenvalue weighted by Crippen LogP contribution is -2.38. The molecule has 1 amide bonds. The third kappa shape index (κ3) is 4.74. The normalized spacial score (nSPS) is 31.3. The second-order valence-electron chi connectivity index (χ2n) is 9.70. The van der Waals surface area contributed by atoms with E-state index in [2.05, 4.69) is 17.1 Å². The average Bonchev–Trinajstić information content (AvgIpc) is 3.20. The number of piperidine rings is 1. The zero-order valence-electron chi connectivity index (χ0n) is 17.9. The van der Waals surface area contributed by atoms with E-state index in [0.717, 1.165) is 25.9 Å². The molecule has 0 spiro atoms. The van der Waals surface area contributed by atoms with Crippen molar-refractivity contribution in [2.24, 2.45) is 23.7 Å². The Morgan fingerprint density at radius 1 is 1.10 bits per heavy atom. The number of Topliss-reactive ketones (excluding diaryl/α,β-unsaturated/α-hetero) is 1. The summed E-state index contributed by atoms with van der Waals surface area (Å²) in [6.45, 7) is 5.22. The van der Waals surface area contributed by atoms with Crippen molar-refractivity contribution in [1.82, 2.24) is 4.90 Å². The van der Waals surface area contributed by atoms with Gasteiger partial charge in [0, 0.05) is 56.1 Å². The van der Waals surface area contributed by atoms with Crippen LogP contribution in [0.4, 0.5) is 14.5 Å². The minimum atomic E-state index is -2.95.